The molecule has 2 rings (SSSR count). The summed E-state index contributed by atoms with van der Waals surface area (Å²) in [5.41, 5.74) is 3.53. The SMILES string of the molecule is CCN(C(=O)Cc1cscn1)c1ccccc1. The summed E-state index contributed by atoms with van der Waals surface area (Å²) in [6, 6.07) is 9.72. The van der Waals surface area contributed by atoms with E-state index in [9.17, 15) is 4.79 Å². The lowest BCUT2D eigenvalue weighted by Crippen LogP contribution is -2.31. The molecule has 1 aromatic carbocycles. The van der Waals surface area contributed by atoms with Gasteiger partial charge in [-0.15, -0.1) is 11.3 Å². The molecule has 0 aliphatic rings. The Labute approximate surface area is 105 Å². The van der Waals surface area contributed by atoms with Crippen molar-refractivity contribution < 1.29 is 4.79 Å². The zero-order valence-electron chi connectivity index (χ0n) is 9.67. The molecular formula is C13H14N2OS. The third-order valence-corrected chi connectivity index (χ3v) is 3.14. The van der Waals surface area contributed by atoms with E-state index in [0.29, 0.717) is 13.0 Å². The Morgan fingerprint density at radius 2 is 2.12 bits per heavy atom. The number of likely N-dealkylation sites (N-methyl/N-ethyl adjacent to an activating group) is 1. The van der Waals surface area contributed by atoms with E-state index < -0.39 is 0 Å². The van der Waals surface area contributed by atoms with Crippen LogP contribution in [0.1, 0.15) is 12.6 Å². The Morgan fingerprint density at radius 1 is 1.35 bits per heavy atom. The van der Waals surface area contributed by atoms with Crippen molar-refractivity contribution in [1.29, 1.82) is 0 Å². The van der Waals surface area contributed by atoms with Gasteiger partial charge in [-0.05, 0) is 19.1 Å². The highest BCUT2D eigenvalue weighted by atomic mass is 32.1. The smallest absolute Gasteiger partial charge is 0.233 e. The molecule has 3 nitrogen and oxygen atoms in total. The van der Waals surface area contributed by atoms with Gasteiger partial charge < -0.3 is 4.90 Å². The fraction of sp³-hybridized carbons (Fsp3) is 0.231. The standard InChI is InChI=1S/C13H14N2OS/c1-2-15(12-6-4-3-5-7-12)13(16)8-11-9-17-10-14-11/h3-7,9-10H,2,8H2,1H3. The molecule has 4 heteroatoms. The summed E-state index contributed by atoms with van der Waals surface area (Å²) in [6.07, 6.45) is 0.367. The number of nitrogens with zero attached hydrogens (tertiary/aromatic N) is 2. The van der Waals surface area contributed by atoms with Crippen LogP contribution in [0.3, 0.4) is 0 Å². The molecule has 0 unspecified atom stereocenters. The topological polar surface area (TPSA) is 33.2 Å². The van der Waals surface area contributed by atoms with Crippen LogP contribution in [0, 0.1) is 0 Å². The summed E-state index contributed by atoms with van der Waals surface area (Å²) in [6.45, 7) is 2.65. The number of thiazole rings is 1. The van der Waals surface area contributed by atoms with Gasteiger partial charge in [0.25, 0.3) is 0 Å². The van der Waals surface area contributed by atoms with Gasteiger partial charge in [0.15, 0.2) is 0 Å². The van der Waals surface area contributed by atoms with Crippen LogP contribution in [0.15, 0.2) is 41.2 Å². The maximum Gasteiger partial charge on any atom is 0.233 e. The van der Waals surface area contributed by atoms with E-state index in [4.69, 9.17) is 0 Å². The first-order chi connectivity index (χ1) is 8.31. The minimum atomic E-state index is 0.0876. The Kier molecular flexibility index (Phi) is 3.88. The van der Waals surface area contributed by atoms with Gasteiger partial charge in [-0.1, -0.05) is 18.2 Å². The minimum absolute atomic E-state index is 0.0876. The van der Waals surface area contributed by atoms with Crippen LogP contribution in [0.25, 0.3) is 0 Å². The molecule has 88 valence electrons. The monoisotopic (exact) mass is 246 g/mol. The first-order valence-corrected chi connectivity index (χ1v) is 6.48. The quantitative estimate of drug-likeness (QED) is 0.831. The fourth-order valence-corrected chi connectivity index (χ4v) is 2.24. The Balaban J connectivity index is 2.11. The Hall–Kier alpha value is -1.68. The van der Waals surface area contributed by atoms with E-state index in [-0.39, 0.29) is 5.91 Å². The van der Waals surface area contributed by atoms with Crippen molar-refractivity contribution in [2.24, 2.45) is 0 Å². The van der Waals surface area contributed by atoms with E-state index in [2.05, 4.69) is 4.98 Å². The highest BCUT2D eigenvalue weighted by Crippen LogP contribution is 2.14. The van der Waals surface area contributed by atoms with Crippen LogP contribution in [-0.4, -0.2) is 17.4 Å². The summed E-state index contributed by atoms with van der Waals surface area (Å²) < 4.78 is 0. The van der Waals surface area contributed by atoms with Crippen LogP contribution in [0.4, 0.5) is 5.69 Å². The van der Waals surface area contributed by atoms with Crippen LogP contribution >= 0.6 is 11.3 Å². The second kappa shape index (κ2) is 5.59. The summed E-state index contributed by atoms with van der Waals surface area (Å²) in [7, 11) is 0. The number of hydrogen-bond donors (Lipinski definition) is 0. The minimum Gasteiger partial charge on any atom is -0.312 e. The maximum atomic E-state index is 12.1. The molecule has 0 N–H and O–H groups in total. The average molecular weight is 246 g/mol. The lowest BCUT2D eigenvalue weighted by atomic mass is 10.2. The normalized spacial score (nSPS) is 10.2. The molecule has 1 amide bonds. The third kappa shape index (κ3) is 2.91. The molecule has 0 saturated carbocycles. The molecule has 0 bridgehead atoms. The molecule has 1 heterocycles. The second-order valence-corrected chi connectivity index (χ2v) is 4.35. The number of carbonyl (C=O) groups excluding carboxylic acids is 1. The lowest BCUT2D eigenvalue weighted by molar-refractivity contribution is -0.118. The largest absolute Gasteiger partial charge is 0.312 e. The van der Waals surface area contributed by atoms with Crippen molar-refractivity contribution in [1.82, 2.24) is 4.98 Å². The number of aromatic nitrogens is 1. The van der Waals surface area contributed by atoms with Crippen molar-refractivity contribution in [2.45, 2.75) is 13.3 Å². The zero-order valence-corrected chi connectivity index (χ0v) is 10.5. The maximum absolute atomic E-state index is 12.1. The molecular weight excluding hydrogens is 232 g/mol. The molecule has 0 aliphatic heterocycles. The number of amides is 1. The number of para-hydroxylation sites is 1. The highest BCUT2D eigenvalue weighted by molar-refractivity contribution is 7.07. The van der Waals surface area contributed by atoms with Crippen molar-refractivity contribution >= 4 is 22.9 Å². The van der Waals surface area contributed by atoms with E-state index in [1.807, 2.05) is 42.6 Å². The van der Waals surface area contributed by atoms with Gasteiger partial charge in [-0.25, -0.2) is 4.98 Å². The van der Waals surface area contributed by atoms with Crippen LogP contribution in [-0.2, 0) is 11.2 Å². The summed E-state index contributed by atoms with van der Waals surface area (Å²) >= 11 is 1.51. The van der Waals surface area contributed by atoms with Crippen LogP contribution in [0.2, 0.25) is 0 Å². The Morgan fingerprint density at radius 3 is 2.71 bits per heavy atom. The van der Waals surface area contributed by atoms with Crippen LogP contribution in [0.5, 0.6) is 0 Å². The van der Waals surface area contributed by atoms with Gasteiger partial charge in [0.2, 0.25) is 5.91 Å². The van der Waals surface area contributed by atoms with Gasteiger partial charge in [0.1, 0.15) is 0 Å². The predicted octanol–water partition coefficient (Wildman–Crippen LogP) is 2.74. The van der Waals surface area contributed by atoms with Gasteiger partial charge in [0.05, 0.1) is 17.6 Å². The van der Waals surface area contributed by atoms with Crippen LogP contribution < -0.4 is 4.90 Å². The molecule has 0 atom stereocenters. The average Bonchev–Trinajstić information content (AvgIpc) is 2.84. The third-order valence-electron chi connectivity index (χ3n) is 2.50. The van der Waals surface area contributed by atoms with Gasteiger partial charge in [0, 0.05) is 17.6 Å². The van der Waals surface area contributed by atoms with E-state index in [1.54, 1.807) is 10.4 Å². The van der Waals surface area contributed by atoms with Crippen molar-refractivity contribution in [3.05, 3.63) is 46.9 Å². The van der Waals surface area contributed by atoms with E-state index >= 15 is 0 Å². The molecule has 17 heavy (non-hydrogen) atoms. The summed E-state index contributed by atoms with van der Waals surface area (Å²) in [4.78, 5) is 18.0. The van der Waals surface area contributed by atoms with E-state index in [0.717, 1.165) is 11.4 Å². The number of benzene rings is 1. The number of rotatable bonds is 4. The van der Waals surface area contributed by atoms with E-state index in [1.165, 1.54) is 11.3 Å². The zero-order chi connectivity index (χ0) is 12.1. The predicted molar refractivity (Wildman–Crippen MR) is 70.3 cm³/mol. The molecule has 0 radical (unpaired) electrons. The number of anilines is 1. The summed E-state index contributed by atoms with van der Waals surface area (Å²) in [5, 5.41) is 1.91. The molecule has 0 spiro atoms. The summed E-state index contributed by atoms with van der Waals surface area (Å²) in [5.74, 6) is 0.0876. The van der Waals surface area contributed by atoms with Crippen molar-refractivity contribution in [3.8, 4) is 0 Å². The number of carbonyl (C=O) groups is 1. The number of hydrogen-bond acceptors (Lipinski definition) is 3. The van der Waals surface area contributed by atoms with Crippen molar-refractivity contribution in [2.75, 3.05) is 11.4 Å². The molecule has 0 fully saturated rings. The van der Waals surface area contributed by atoms with Gasteiger partial charge in [-0.3, -0.25) is 4.79 Å². The molecule has 0 saturated heterocycles. The second-order valence-electron chi connectivity index (χ2n) is 3.63. The molecule has 2 aromatic rings. The first kappa shape index (κ1) is 11.8. The first-order valence-electron chi connectivity index (χ1n) is 5.53. The molecule has 0 aliphatic carbocycles. The van der Waals surface area contributed by atoms with Gasteiger partial charge in [-0.2, -0.15) is 0 Å². The highest BCUT2D eigenvalue weighted by Gasteiger charge is 2.14. The molecule has 1 aromatic heterocycles. The van der Waals surface area contributed by atoms with Crippen molar-refractivity contribution in [3.63, 3.8) is 0 Å². The van der Waals surface area contributed by atoms with Gasteiger partial charge >= 0.3 is 0 Å². The fourth-order valence-electron chi connectivity index (χ4n) is 1.69. The Bertz CT molecular complexity index is 467. The lowest BCUT2D eigenvalue weighted by Gasteiger charge is -2.20.